The highest BCUT2D eigenvalue weighted by Gasteiger charge is 2.36. The Morgan fingerprint density at radius 3 is 2.10 bits per heavy atom. The van der Waals surface area contributed by atoms with E-state index in [0.29, 0.717) is 11.4 Å². The largest absolute Gasteiger partial charge is 0.493 e. The summed E-state index contributed by atoms with van der Waals surface area (Å²) in [5.41, 5.74) is 4.76. The standard InChI is InChI=1S/C41H49N3O6S/c1-29-22-30(2)24-35(23-29)44(51(47,48)36-20-21-38(49-4)39(26-36)50-5)28-40(45)43(27-33-17-13-12-14-31(33)3)37(25-32-15-8-6-9-16-32)41(46)42-34-18-10-7-11-19-34/h6,8-9,12-17,20-24,26,34,37H,7,10-11,18-19,25,27-28H2,1-5H3,(H,42,46). The van der Waals surface area contributed by atoms with Crippen LogP contribution < -0.4 is 19.1 Å². The SMILES string of the molecule is COc1ccc(S(=O)(=O)N(CC(=O)N(Cc2ccccc2C)C(Cc2ccccc2)C(=O)NC2CCCCC2)c2cc(C)cc(C)c2)cc1OC. The number of nitrogens with one attached hydrogen (secondary N) is 1. The zero-order valence-corrected chi connectivity index (χ0v) is 31.0. The number of carbonyl (C=O) groups excluding carboxylic acids is 2. The van der Waals surface area contributed by atoms with Crippen molar-refractivity contribution in [1.29, 1.82) is 0 Å². The van der Waals surface area contributed by atoms with Crippen LogP contribution in [0.15, 0.2) is 95.9 Å². The van der Waals surface area contributed by atoms with Crippen molar-refractivity contribution in [3.63, 3.8) is 0 Å². The van der Waals surface area contributed by atoms with Gasteiger partial charge in [0.2, 0.25) is 11.8 Å². The topological polar surface area (TPSA) is 105 Å². The van der Waals surface area contributed by atoms with Gasteiger partial charge in [0.05, 0.1) is 24.8 Å². The first kappa shape index (κ1) is 37.4. The van der Waals surface area contributed by atoms with E-state index in [1.807, 2.05) is 81.4 Å². The van der Waals surface area contributed by atoms with Gasteiger partial charge in [-0.15, -0.1) is 0 Å². The van der Waals surface area contributed by atoms with Crippen LogP contribution in [0.5, 0.6) is 11.5 Å². The number of benzene rings is 4. The molecule has 2 amide bonds. The highest BCUT2D eigenvalue weighted by Crippen LogP contribution is 2.33. The van der Waals surface area contributed by atoms with Crippen LogP contribution in [0.1, 0.15) is 59.9 Å². The normalized spacial score (nSPS) is 14.0. The van der Waals surface area contributed by atoms with Gasteiger partial charge in [0.1, 0.15) is 12.6 Å². The van der Waals surface area contributed by atoms with Crippen LogP contribution in [-0.2, 0) is 32.6 Å². The molecule has 0 bridgehead atoms. The van der Waals surface area contributed by atoms with Crippen molar-refractivity contribution in [2.45, 2.75) is 82.8 Å². The van der Waals surface area contributed by atoms with E-state index in [1.165, 1.54) is 32.4 Å². The van der Waals surface area contributed by atoms with Crippen molar-refractivity contribution in [3.8, 4) is 11.5 Å². The van der Waals surface area contributed by atoms with E-state index in [-0.39, 0.29) is 35.6 Å². The molecule has 1 saturated carbocycles. The molecule has 0 spiro atoms. The number of methoxy groups -OCH3 is 2. The van der Waals surface area contributed by atoms with Crippen molar-refractivity contribution in [2.24, 2.45) is 0 Å². The number of carbonyl (C=O) groups is 2. The Balaban J connectivity index is 1.61. The average Bonchev–Trinajstić information content (AvgIpc) is 3.12. The van der Waals surface area contributed by atoms with Crippen molar-refractivity contribution >= 4 is 27.5 Å². The zero-order chi connectivity index (χ0) is 36.5. The highest BCUT2D eigenvalue weighted by atomic mass is 32.2. The van der Waals surface area contributed by atoms with Crippen LogP contribution in [0, 0.1) is 20.8 Å². The second-order valence-electron chi connectivity index (χ2n) is 13.4. The summed E-state index contributed by atoms with van der Waals surface area (Å²) in [6.45, 7) is 5.33. The lowest BCUT2D eigenvalue weighted by molar-refractivity contribution is -0.140. The van der Waals surface area contributed by atoms with Crippen LogP contribution in [0.3, 0.4) is 0 Å². The molecule has 51 heavy (non-hydrogen) atoms. The molecule has 4 aromatic carbocycles. The predicted octanol–water partition coefficient (Wildman–Crippen LogP) is 6.91. The maximum absolute atomic E-state index is 14.9. The molecule has 1 unspecified atom stereocenters. The van der Waals surface area contributed by atoms with Gasteiger partial charge in [0.15, 0.2) is 11.5 Å². The number of hydrogen-bond donors (Lipinski definition) is 1. The molecule has 1 N–H and O–H groups in total. The Hall–Kier alpha value is -4.83. The maximum atomic E-state index is 14.9. The lowest BCUT2D eigenvalue weighted by Crippen LogP contribution is -2.55. The minimum absolute atomic E-state index is 0.0251. The van der Waals surface area contributed by atoms with Gasteiger partial charge in [-0.1, -0.05) is 79.9 Å². The molecule has 4 aromatic rings. The molecule has 9 nitrogen and oxygen atoms in total. The second kappa shape index (κ2) is 16.9. The summed E-state index contributed by atoms with van der Waals surface area (Å²) >= 11 is 0. The van der Waals surface area contributed by atoms with Crippen LogP contribution in [0.25, 0.3) is 0 Å². The molecule has 0 aromatic heterocycles. The van der Waals surface area contributed by atoms with E-state index in [0.717, 1.165) is 64.2 Å². The van der Waals surface area contributed by atoms with Gasteiger partial charge in [-0.2, -0.15) is 0 Å². The molecule has 1 aliphatic rings. The third kappa shape index (κ3) is 9.29. The summed E-state index contributed by atoms with van der Waals surface area (Å²) in [7, 11) is -1.42. The van der Waals surface area contributed by atoms with E-state index < -0.39 is 28.5 Å². The number of ether oxygens (including phenoxy) is 2. The highest BCUT2D eigenvalue weighted by molar-refractivity contribution is 7.92. The van der Waals surface area contributed by atoms with E-state index in [4.69, 9.17) is 9.47 Å². The lowest BCUT2D eigenvalue weighted by atomic mass is 9.94. The van der Waals surface area contributed by atoms with Gasteiger partial charge in [0.25, 0.3) is 10.0 Å². The smallest absolute Gasteiger partial charge is 0.264 e. The summed E-state index contributed by atoms with van der Waals surface area (Å²) in [6.07, 6.45) is 5.26. The third-order valence-electron chi connectivity index (χ3n) is 9.54. The second-order valence-corrected chi connectivity index (χ2v) is 15.2. The molecule has 10 heteroatoms. The number of anilines is 1. The van der Waals surface area contributed by atoms with Crippen LogP contribution in [0.4, 0.5) is 5.69 Å². The Kier molecular flexibility index (Phi) is 12.4. The van der Waals surface area contributed by atoms with E-state index in [1.54, 1.807) is 17.0 Å². The van der Waals surface area contributed by atoms with Crippen molar-refractivity contribution in [2.75, 3.05) is 25.1 Å². The molecule has 1 aliphatic carbocycles. The fourth-order valence-corrected chi connectivity index (χ4v) is 8.21. The summed E-state index contributed by atoms with van der Waals surface area (Å²) in [5, 5.41) is 3.26. The quantitative estimate of drug-likeness (QED) is 0.152. The van der Waals surface area contributed by atoms with Crippen LogP contribution in [-0.4, -0.2) is 58.0 Å². The van der Waals surface area contributed by atoms with E-state index in [9.17, 15) is 18.0 Å². The number of aryl methyl sites for hydroxylation is 3. The van der Waals surface area contributed by atoms with Crippen molar-refractivity contribution in [3.05, 3.63) is 119 Å². The number of hydrogen-bond acceptors (Lipinski definition) is 6. The predicted molar refractivity (Wildman–Crippen MR) is 201 cm³/mol. The molecule has 1 fully saturated rings. The molecule has 1 atom stereocenters. The number of nitrogens with zero attached hydrogens (tertiary/aromatic N) is 2. The molecule has 0 saturated heterocycles. The lowest BCUT2D eigenvalue weighted by Gasteiger charge is -2.35. The number of rotatable bonds is 14. The summed E-state index contributed by atoms with van der Waals surface area (Å²) in [5.74, 6) is -0.119. The number of sulfonamides is 1. The molecule has 0 heterocycles. The average molecular weight is 712 g/mol. The summed E-state index contributed by atoms with van der Waals surface area (Å²) in [6, 6.07) is 26.3. The fraction of sp³-hybridized carbons (Fsp3) is 0.366. The Labute approximate surface area is 302 Å². The van der Waals surface area contributed by atoms with E-state index in [2.05, 4.69) is 5.32 Å². The maximum Gasteiger partial charge on any atom is 0.264 e. The first-order chi connectivity index (χ1) is 24.5. The molecule has 270 valence electrons. The Morgan fingerprint density at radius 1 is 0.804 bits per heavy atom. The molecule has 0 radical (unpaired) electrons. The third-order valence-corrected chi connectivity index (χ3v) is 11.3. The van der Waals surface area contributed by atoms with Gasteiger partial charge >= 0.3 is 0 Å². The molecular formula is C41H49N3O6S. The Morgan fingerprint density at radius 2 is 1.45 bits per heavy atom. The summed E-state index contributed by atoms with van der Waals surface area (Å²) < 4.78 is 41.2. The van der Waals surface area contributed by atoms with Gasteiger partial charge in [-0.25, -0.2) is 8.42 Å². The minimum Gasteiger partial charge on any atom is -0.493 e. The van der Waals surface area contributed by atoms with Crippen LogP contribution >= 0.6 is 0 Å². The Bertz CT molecular complexity index is 1900. The summed E-state index contributed by atoms with van der Waals surface area (Å²) in [4.78, 5) is 30.8. The first-order valence-corrected chi connectivity index (χ1v) is 19.0. The van der Waals surface area contributed by atoms with E-state index >= 15 is 0 Å². The van der Waals surface area contributed by atoms with Gasteiger partial charge in [0, 0.05) is 25.1 Å². The van der Waals surface area contributed by atoms with Gasteiger partial charge in [-0.3, -0.25) is 13.9 Å². The van der Waals surface area contributed by atoms with Gasteiger partial charge in [-0.05, 0) is 85.7 Å². The zero-order valence-electron chi connectivity index (χ0n) is 30.2. The molecular weight excluding hydrogens is 663 g/mol. The van der Waals surface area contributed by atoms with Crippen LogP contribution in [0.2, 0.25) is 0 Å². The molecule has 5 rings (SSSR count). The number of amides is 2. The van der Waals surface area contributed by atoms with Gasteiger partial charge < -0.3 is 19.7 Å². The monoisotopic (exact) mass is 711 g/mol. The fourth-order valence-electron chi connectivity index (χ4n) is 6.80. The molecule has 0 aliphatic heterocycles. The minimum atomic E-state index is -4.33. The first-order valence-electron chi connectivity index (χ1n) is 17.5. The van der Waals surface area contributed by atoms with Crippen molar-refractivity contribution < 1.29 is 27.5 Å². The van der Waals surface area contributed by atoms with Crippen molar-refractivity contribution in [1.82, 2.24) is 10.2 Å².